The van der Waals surface area contributed by atoms with E-state index in [4.69, 9.17) is 0 Å². The van der Waals surface area contributed by atoms with Crippen molar-refractivity contribution in [1.82, 2.24) is 10.0 Å². The molecule has 5 nitrogen and oxygen atoms in total. The van der Waals surface area contributed by atoms with Crippen LogP contribution in [0.25, 0.3) is 0 Å². The van der Waals surface area contributed by atoms with Gasteiger partial charge in [0, 0.05) is 20.0 Å². The van der Waals surface area contributed by atoms with E-state index in [0.717, 1.165) is 18.4 Å². The van der Waals surface area contributed by atoms with Gasteiger partial charge in [0.05, 0.1) is 4.90 Å². The van der Waals surface area contributed by atoms with Crippen LogP contribution < -0.4 is 10.0 Å². The predicted molar refractivity (Wildman–Crippen MR) is 78.9 cm³/mol. The minimum atomic E-state index is -3.43. The summed E-state index contributed by atoms with van der Waals surface area (Å²) in [4.78, 5) is 10.9. The summed E-state index contributed by atoms with van der Waals surface area (Å²) in [6.45, 7) is 4.43. The van der Waals surface area contributed by atoms with Crippen molar-refractivity contribution in [3.05, 3.63) is 29.8 Å². The van der Waals surface area contributed by atoms with Crippen LogP contribution in [0.3, 0.4) is 0 Å². The third kappa shape index (κ3) is 5.71. The van der Waals surface area contributed by atoms with Crippen LogP contribution in [0.2, 0.25) is 0 Å². The zero-order valence-electron chi connectivity index (χ0n) is 12.0. The summed E-state index contributed by atoms with van der Waals surface area (Å²) in [5.41, 5.74) is 1.11. The molecule has 0 aromatic heterocycles. The normalized spacial score (nSPS) is 11.3. The van der Waals surface area contributed by atoms with Crippen LogP contribution in [-0.2, 0) is 21.2 Å². The van der Waals surface area contributed by atoms with Gasteiger partial charge in [0.1, 0.15) is 0 Å². The second-order valence-electron chi connectivity index (χ2n) is 4.59. The molecule has 0 saturated heterocycles. The fraction of sp³-hybridized carbons (Fsp3) is 0.500. The van der Waals surface area contributed by atoms with Crippen LogP contribution >= 0.6 is 0 Å². The number of rotatable bonds is 8. The van der Waals surface area contributed by atoms with Gasteiger partial charge in [-0.25, -0.2) is 13.1 Å². The fourth-order valence-electron chi connectivity index (χ4n) is 1.71. The summed E-state index contributed by atoms with van der Waals surface area (Å²) in [5.74, 6) is -0.0680. The van der Waals surface area contributed by atoms with E-state index in [1.54, 1.807) is 12.1 Å². The minimum Gasteiger partial charge on any atom is -0.356 e. The maximum absolute atomic E-state index is 12.0. The first-order chi connectivity index (χ1) is 9.45. The summed E-state index contributed by atoms with van der Waals surface area (Å²) in [7, 11) is -3.43. The lowest BCUT2D eigenvalue weighted by molar-refractivity contribution is -0.118. The van der Waals surface area contributed by atoms with Crippen molar-refractivity contribution in [2.24, 2.45) is 0 Å². The van der Waals surface area contributed by atoms with Crippen LogP contribution in [0.1, 0.15) is 32.3 Å². The number of carbonyl (C=O) groups excluding carboxylic acids is 1. The Bertz CT molecular complexity index is 524. The third-order valence-electron chi connectivity index (χ3n) is 2.91. The summed E-state index contributed by atoms with van der Waals surface area (Å²) < 4.78 is 26.5. The highest BCUT2D eigenvalue weighted by Crippen LogP contribution is 2.10. The van der Waals surface area contributed by atoms with E-state index in [0.29, 0.717) is 19.5 Å². The van der Waals surface area contributed by atoms with Gasteiger partial charge in [-0.2, -0.15) is 0 Å². The quantitative estimate of drug-likeness (QED) is 0.713. The molecule has 6 heteroatoms. The molecule has 0 bridgehead atoms. The monoisotopic (exact) mass is 298 g/mol. The Labute approximate surface area is 120 Å². The number of hydrogen-bond donors (Lipinski definition) is 2. The van der Waals surface area contributed by atoms with E-state index in [1.807, 2.05) is 19.1 Å². The summed E-state index contributed by atoms with van der Waals surface area (Å²) >= 11 is 0. The molecule has 1 aromatic rings. The first-order valence-electron chi connectivity index (χ1n) is 6.78. The first-order valence-corrected chi connectivity index (χ1v) is 8.27. The topological polar surface area (TPSA) is 75.3 Å². The maximum Gasteiger partial charge on any atom is 0.240 e. The molecule has 0 fully saturated rings. The van der Waals surface area contributed by atoms with Gasteiger partial charge in [-0.15, -0.1) is 0 Å². The Morgan fingerprint density at radius 3 is 2.25 bits per heavy atom. The van der Waals surface area contributed by atoms with Crippen molar-refractivity contribution >= 4 is 15.9 Å². The number of sulfonamides is 1. The number of aryl methyl sites for hydroxylation is 1. The molecule has 0 aliphatic heterocycles. The van der Waals surface area contributed by atoms with E-state index >= 15 is 0 Å². The molecule has 0 saturated carbocycles. The summed E-state index contributed by atoms with van der Waals surface area (Å²) in [6.07, 6.45) is 2.32. The Morgan fingerprint density at radius 2 is 1.70 bits per heavy atom. The Morgan fingerprint density at radius 1 is 1.10 bits per heavy atom. The van der Waals surface area contributed by atoms with Crippen LogP contribution in [0.5, 0.6) is 0 Å². The SMILES string of the molecule is CCc1ccc(S(=O)(=O)NCCCCNC(C)=O)cc1. The van der Waals surface area contributed by atoms with Gasteiger partial charge in [-0.3, -0.25) is 4.79 Å². The van der Waals surface area contributed by atoms with Gasteiger partial charge >= 0.3 is 0 Å². The molecular formula is C14H22N2O3S. The van der Waals surface area contributed by atoms with Gasteiger partial charge in [0.2, 0.25) is 15.9 Å². The fourth-order valence-corrected chi connectivity index (χ4v) is 2.78. The molecular weight excluding hydrogens is 276 g/mol. The highest BCUT2D eigenvalue weighted by atomic mass is 32.2. The molecule has 0 aliphatic carbocycles. The van der Waals surface area contributed by atoms with Crippen molar-refractivity contribution in [2.75, 3.05) is 13.1 Å². The van der Waals surface area contributed by atoms with E-state index in [2.05, 4.69) is 10.0 Å². The summed E-state index contributed by atoms with van der Waals surface area (Å²) in [6, 6.07) is 6.90. The highest BCUT2D eigenvalue weighted by Gasteiger charge is 2.12. The zero-order chi connectivity index (χ0) is 15.0. The number of unbranched alkanes of at least 4 members (excludes halogenated alkanes) is 1. The number of amides is 1. The lowest BCUT2D eigenvalue weighted by atomic mass is 10.2. The van der Waals surface area contributed by atoms with Crippen molar-refractivity contribution in [3.8, 4) is 0 Å². The van der Waals surface area contributed by atoms with E-state index in [9.17, 15) is 13.2 Å². The Kier molecular flexibility index (Phi) is 6.67. The molecule has 0 spiro atoms. The van der Waals surface area contributed by atoms with E-state index in [-0.39, 0.29) is 10.8 Å². The molecule has 0 unspecified atom stereocenters. The second-order valence-corrected chi connectivity index (χ2v) is 6.35. The lowest BCUT2D eigenvalue weighted by Crippen LogP contribution is -2.26. The molecule has 112 valence electrons. The average molecular weight is 298 g/mol. The highest BCUT2D eigenvalue weighted by molar-refractivity contribution is 7.89. The maximum atomic E-state index is 12.0. The smallest absolute Gasteiger partial charge is 0.240 e. The Balaban J connectivity index is 2.39. The van der Waals surface area contributed by atoms with Crippen molar-refractivity contribution < 1.29 is 13.2 Å². The molecule has 0 heterocycles. The molecule has 1 rings (SSSR count). The van der Waals surface area contributed by atoms with Gasteiger partial charge in [-0.1, -0.05) is 19.1 Å². The van der Waals surface area contributed by atoms with Crippen molar-refractivity contribution in [1.29, 1.82) is 0 Å². The lowest BCUT2D eigenvalue weighted by Gasteiger charge is -2.07. The van der Waals surface area contributed by atoms with Crippen molar-refractivity contribution in [2.45, 2.75) is 38.0 Å². The molecule has 0 aliphatic rings. The van der Waals surface area contributed by atoms with Gasteiger partial charge in [0.15, 0.2) is 0 Å². The number of nitrogens with one attached hydrogen (secondary N) is 2. The molecule has 2 N–H and O–H groups in total. The van der Waals surface area contributed by atoms with Crippen molar-refractivity contribution in [3.63, 3.8) is 0 Å². The van der Waals surface area contributed by atoms with Crippen LogP contribution in [0.15, 0.2) is 29.2 Å². The third-order valence-corrected chi connectivity index (χ3v) is 4.39. The molecule has 0 radical (unpaired) electrons. The van der Waals surface area contributed by atoms with Crippen LogP contribution in [0.4, 0.5) is 0 Å². The number of carbonyl (C=O) groups is 1. The van der Waals surface area contributed by atoms with Gasteiger partial charge in [-0.05, 0) is 37.0 Å². The van der Waals surface area contributed by atoms with Crippen LogP contribution in [-0.4, -0.2) is 27.4 Å². The minimum absolute atomic E-state index is 0.0680. The van der Waals surface area contributed by atoms with Crippen LogP contribution in [0, 0.1) is 0 Å². The summed E-state index contributed by atoms with van der Waals surface area (Å²) in [5, 5.41) is 2.67. The zero-order valence-corrected chi connectivity index (χ0v) is 12.8. The standard InChI is InChI=1S/C14H22N2O3S/c1-3-13-6-8-14(9-7-13)20(18,19)16-11-5-4-10-15-12(2)17/h6-9,16H,3-5,10-11H2,1-2H3,(H,15,17). The molecule has 1 amide bonds. The van der Waals surface area contributed by atoms with E-state index < -0.39 is 10.0 Å². The largest absolute Gasteiger partial charge is 0.356 e. The molecule has 20 heavy (non-hydrogen) atoms. The number of hydrogen-bond acceptors (Lipinski definition) is 3. The predicted octanol–water partition coefficient (Wildman–Crippen LogP) is 1.44. The van der Waals surface area contributed by atoms with Gasteiger partial charge in [0.25, 0.3) is 0 Å². The molecule has 1 aromatic carbocycles. The second kappa shape index (κ2) is 8.01. The molecule has 0 atom stereocenters. The van der Waals surface area contributed by atoms with E-state index in [1.165, 1.54) is 6.92 Å². The average Bonchev–Trinajstić information content (AvgIpc) is 2.42. The first kappa shape index (κ1) is 16.7. The Hall–Kier alpha value is -1.40. The number of benzene rings is 1. The van der Waals surface area contributed by atoms with Gasteiger partial charge < -0.3 is 5.32 Å².